The summed E-state index contributed by atoms with van der Waals surface area (Å²) < 4.78 is 2.11. The molecule has 104 valence electrons. The van der Waals surface area contributed by atoms with Gasteiger partial charge in [-0.3, -0.25) is 0 Å². The molecule has 1 aliphatic rings. The molecule has 3 rings (SSSR count). The van der Waals surface area contributed by atoms with E-state index in [-0.39, 0.29) is 24.8 Å². The Morgan fingerprint density at radius 1 is 1.11 bits per heavy atom. The minimum Gasteiger partial charge on any atom is -0.317 e. The van der Waals surface area contributed by atoms with Gasteiger partial charge >= 0.3 is 0 Å². The van der Waals surface area contributed by atoms with Crippen LogP contribution in [0.3, 0.4) is 0 Å². The lowest BCUT2D eigenvalue weighted by atomic mass is 9.89. The molecule has 1 aromatic carbocycles. The number of piperidine rings is 1. The normalized spacial score (nSPS) is 15.4. The molecule has 0 unspecified atom stereocenters. The van der Waals surface area contributed by atoms with Crippen molar-refractivity contribution in [3.8, 4) is 5.69 Å². The summed E-state index contributed by atoms with van der Waals surface area (Å²) in [5.74, 6) is 0.676. The van der Waals surface area contributed by atoms with Gasteiger partial charge in [0.1, 0.15) is 0 Å². The van der Waals surface area contributed by atoms with Crippen molar-refractivity contribution in [3.05, 3.63) is 48.5 Å². The van der Waals surface area contributed by atoms with E-state index < -0.39 is 0 Å². The van der Waals surface area contributed by atoms with E-state index in [0.29, 0.717) is 5.92 Å². The molecule has 1 aromatic heterocycles. The number of nitrogens with zero attached hydrogens (tertiary/aromatic N) is 2. The summed E-state index contributed by atoms with van der Waals surface area (Å²) in [5, 5.41) is 3.42. The second-order valence-electron chi connectivity index (χ2n) is 4.55. The Bertz CT molecular complexity index is 479. The van der Waals surface area contributed by atoms with Crippen molar-refractivity contribution in [2.45, 2.75) is 18.8 Å². The Hall–Kier alpha value is -1.03. The number of rotatable bonds is 2. The van der Waals surface area contributed by atoms with Crippen molar-refractivity contribution in [3.63, 3.8) is 0 Å². The van der Waals surface area contributed by atoms with Gasteiger partial charge in [-0.05, 0) is 43.5 Å². The summed E-state index contributed by atoms with van der Waals surface area (Å²) >= 11 is 0. The molecule has 0 saturated carbocycles. The summed E-state index contributed by atoms with van der Waals surface area (Å²) in [5.41, 5.74) is 2.73. The van der Waals surface area contributed by atoms with Crippen molar-refractivity contribution in [2.24, 2.45) is 0 Å². The molecular weight excluding hydrogens is 281 g/mol. The van der Waals surface area contributed by atoms with Gasteiger partial charge in [-0.1, -0.05) is 18.2 Å². The topological polar surface area (TPSA) is 29.9 Å². The van der Waals surface area contributed by atoms with Gasteiger partial charge in [0.25, 0.3) is 0 Å². The van der Waals surface area contributed by atoms with Gasteiger partial charge in [0.05, 0.1) is 6.33 Å². The lowest BCUT2D eigenvalue weighted by Gasteiger charge is -2.25. The molecule has 1 aliphatic heterocycles. The predicted octanol–water partition coefficient (Wildman–Crippen LogP) is 3.18. The van der Waals surface area contributed by atoms with Crippen molar-refractivity contribution >= 4 is 24.8 Å². The van der Waals surface area contributed by atoms with E-state index in [1.165, 1.54) is 24.1 Å². The largest absolute Gasteiger partial charge is 0.317 e. The van der Waals surface area contributed by atoms with Crippen LogP contribution in [0.5, 0.6) is 0 Å². The third-order valence-electron chi connectivity index (χ3n) is 3.50. The van der Waals surface area contributed by atoms with Crippen LogP contribution in [0.25, 0.3) is 5.69 Å². The number of hydrogen-bond acceptors (Lipinski definition) is 2. The second-order valence-corrected chi connectivity index (χ2v) is 4.55. The van der Waals surface area contributed by atoms with E-state index in [9.17, 15) is 0 Å². The van der Waals surface area contributed by atoms with E-state index in [1.54, 1.807) is 0 Å². The highest BCUT2D eigenvalue weighted by Gasteiger charge is 2.18. The summed E-state index contributed by atoms with van der Waals surface area (Å²) in [6.07, 6.45) is 8.18. The van der Waals surface area contributed by atoms with Crippen molar-refractivity contribution in [1.29, 1.82) is 0 Å². The zero-order valence-corrected chi connectivity index (χ0v) is 12.3. The van der Waals surface area contributed by atoms with E-state index in [2.05, 4.69) is 39.1 Å². The van der Waals surface area contributed by atoms with Crippen LogP contribution in [0.2, 0.25) is 0 Å². The highest BCUT2D eigenvalue weighted by molar-refractivity contribution is 5.85. The number of para-hydroxylation sites is 1. The molecule has 2 heterocycles. The van der Waals surface area contributed by atoms with E-state index in [0.717, 1.165) is 13.1 Å². The number of nitrogens with one attached hydrogen (secondary N) is 1. The second kappa shape index (κ2) is 7.53. The molecule has 0 amide bonds. The zero-order valence-electron chi connectivity index (χ0n) is 10.7. The van der Waals surface area contributed by atoms with Gasteiger partial charge in [-0.25, -0.2) is 4.98 Å². The molecule has 1 saturated heterocycles. The third-order valence-corrected chi connectivity index (χ3v) is 3.50. The first-order valence-electron chi connectivity index (χ1n) is 6.23. The van der Waals surface area contributed by atoms with Gasteiger partial charge in [-0.2, -0.15) is 0 Å². The number of benzene rings is 1. The SMILES string of the molecule is Cl.Cl.c1ccc(-n2ccnc2)c(C2CCNCC2)c1. The molecule has 2 aromatic rings. The average molecular weight is 300 g/mol. The van der Waals surface area contributed by atoms with Gasteiger partial charge in [0.2, 0.25) is 0 Å². The Balaban J connectivity index is 0.000000902. The highest BCUT2D eigenvalue weighted by Crippen LogP contribution is 2.29. The molecule has 3 nitrogen and oxygen atoms in total. The van der Waals surface area contributed by atoms with Crippen LogP contribution in [-0.2, 0) is 0 Å². The first-order valence-corrected chi connectivity index (χ1v) is 6.23. The van der Waals surface area contributed by atoms with E-state index in [4.69, 9.17) is 0 Å². The summed E-state index contributed by atoms with van der Waals surface area (Å²) in [7, 11) is 0. The molecule has 0 atom stereocenters. The first kappa shape index (κ1) is 16.0. The molecule has 5 heteroatoms. The van der Waals surface area contributed by atoms with Crippen LogP contribution in [0.15, 0.2) is 43.0 Å². The number of halogens is 2. The van der Waals surface area contributed by atoms with E-state index in [1.807, 2.05) is 18.7 Å². The number of hydrogen-bond donors (Lipinski definition) is 1. The summed E-state index contributed by atoms with van der Waals surface area (Å²) in [4.78, 5) is 4.14. The van der Waals surface area contributed by atoms with E-state index >= 15 is 0 Å². The van der Waals surface area contributed by atoms with Gasteiger partial charge in [-0.15, -0.1) is 24.8 Å². The molecule has 0 bridgehead atoms. The fraction of sp³-hybridized carbons (Fsp3) is 0.357. The Kier molecular flexibility index (Phi) is 6.35. The molecule has 0 spiro atoms. The summed E-state index contributed by atoms with van der Waals surface area (Å²) in [6.45, 7) is 2.26. The first-order chi connectivity index (χ1) is 8.45. The Labute approximate surface area is 126 Å². The van der Waals surface area contributed by atoms with Crippen LogP contribution in [0, 0.1) is 0 Å². The van der Waals surface area contributed by atoms with Gasteiger partial charge in [0, 0.05) is 18.1 Å². The molecule has 1 N–H and O–H groups in total. The number of aromatic nitrogens is 2. The molecule has 19 heavy (non-hydrogen) atoms. The molecule has 0 radical (unpaired) electrons. The third kappa shape index (κ3) is 3.50. The Morgan fingerprint density at radius 3 is 2.53 bits per heavy atom. The molecular formula is C14H19Cl2N3. The predicted molar refractivity (Wildman–Crippen MR) is 82.9 cm³/mol. The van der Waals surface area contributed by atoms with Crippen LogP contribution in [0.1, 0.15) is 24.3 Å². The lowest BCUT2D eigenvalue weighted by Crippen LogP contribution is -2.27. The maximum Gasteiger partial charge on any atom is 0.0991 e. The van der Waals surface area contributed by atoms with Crippen molar-refractivity contribution in [1.82, 2.24) is 14.9 Å². The minimum absolute atomic E-state index is 0. The molecule has 1 fully saturated rings. The number of imidazole rings is 1. The van der Waals surface area contributed by atoms with Crippen LogP contribution < -0.4 is 5.32 Å². The lowest BCUT2D eigenvalue weighted by molar-refractivity contribution is 0.459. The summed E-state index contributed by atoms with van der Waals surface area (Å²) in [6, 6.07) is 8.67. The Morgan fingerprint density at radius 2 is 1.84 bits per heavy atom. The smallest absolute Gasteiger partial charge is 0.0991 e. The zero-order chi connectivity index (χ0) is 11.5. The average Bonchev–Trinajstić information content (AvgIpc) is 2.94. The highest BCUT2D eigenvalue weighted by atomic mass is 35.5. The van der Waals surface area contributed by atoms with Crippen molar-refractivity contribution in [2.75, 3.05) is 13.1 Å². The quantitative estimate of drug-likeness (QED) is 0.923. The maximum absolute atomic E-state index is 4.14. The standard InChI is InChI=1S/C14H17N3.2ClH/c1-2-4-14(17-10-9-16-11-17)13(3-1)12-5-7-15-8-6-12;;/h1-4,9-12,15H,5-8H2;2*1H. The van der Waals surface area contributed by atoms with Crippen LogP contribution >= 0.6 is 24.8 Å². The van der Waals surface area contributed by atoms with Crippen molar-refractivity contribution < 1.29 is 0 Å². The monoisotopic (exact) mass is 299 g/mol. The maximum atomic E-state index is 4.14. The van der Waals surface area contributed by atoms with Crippen LogP contribution in [-0.4, -0.2) is 22.6 Å². The molecule has 0 aliphatic carbocycles. The fourth-order valence-electron chi connectivity index (χ4n) is 2.60. The van der Waals surface area contributed by atoms with Gasteiger partial charge < -0.3 is 9.88 Å². The fourth-order valence-corrected chi connectivity index (χ4v) is 2.60. The minimum atomic E-state index is 0. The van der Waals surface area contributed by atoms with Gasteiger partial charge in [0.15, 0.2) is 0 Å². The van der Waals surface area contributed by atoms with Crippen LogP contribution in [0.4, 0.5) is 0 Å².